The minimum atomic E-state index is -4.36. The number of ether oxygens (including phenoxy) is 1. The van der Waals surface area contributed by atoms with Gasteiger partial charge in [-0.3, -0.25) is 4.79 Å². The number of carbonyl (C=O) groups is 1. The van der Waals surface area contributed by atoms with Crippen molar-refractivity contribution in [3.8, 4) is 0 Å². The highest BCUT2D eigenvalue weighted by Gasteiger charge is 2.46. The van der Waals surface area contributed by atoms with Crippen molar-refractivity contribution in [2.24, 2.45) is 0 Å². The Morgan fingerprint density at radius 2 is 1.86 bits per heavy atom. The predicted octanol–water partition coefficient (Wildman–Crippen LogP) is 5.18. The van der Waals surface area contributed by atoms with Crippen LogP contribution in [-0.2, 0) is 21.1 Å². The molecule has 3 nitrogen and oxygen atoms in total. The van der Waals surface area contributed by atoms with Crippen molar-refractivity contribution in [2.45, 2.75) is 43.4 Å². The standard InChI is InChI=1S/C21H22F3NO2S/c22-21(23,24)16-7-5-15(6-8-16)17-14-25(11-12-27-17)19(26)20(9-1-2-10-20)18-4-3-13-28-18/h3-8,13,17H,1-2,9-12,14H2/t17-/m1/s1. The third kappa shape index (κ3) is 3.57. The molecule has 0 spiro atoms. The highest BCUT2D eigenvalue weighted by molar-refractivity contribution is 7.10. The lowest BCUT2D eigenvalue weighted by Gasteiger charge is -2.39. The molecule has 2 aliphatic rings. The molecule has 1 saturated heterocycles. The van der Waals surface area contributed by atoms with Crippen molar-refractivity contribution in [3.05, 3.63) is 57.8 Å². The lowest BCUT2D eigenvalue weighted by Crippen LogP contribution is -2.50. The Labute approximate surface area is 166 Å². The van der Waals surface area contributed by atoms with E-state index in [-0.39, 0.29) is 5.91 Å². The first-order valence-electron chi connectivity index (χ1n) is 9.52. The molecule has 2 heterocycles. The molecule has 1 aromatic heterocycles. The summed E-state index contributed by atoms with van der Waals surface area (Å²) in [5, 5.41) is 2.01. The highest BCUT2D eigenvalue weighted by Crippen LogP contribution is 2.45. The molecule has 0 N–H and O–H groups in total. The Morgan fingerprint density at radius 1 is 1.14 bits per heavy atom. The Balaban J connectivity index is 1.53. The lowest BCUT2D eigenvalue weighted by molar-refractivity contribution is -0.145. The number of hydrogen-bond donors (Lipinski definition) is 0. The summed E-state index contributed by atoms with van der Waals surface area (Å²) in [4.78, 5) is 16.5. The van der Waals surface area contributed by atoms with E-state index in [2.05, 4.69) is 0 Å². The summed E-state index contributed by atoms with van der Waals surface area (Å²) >= 11 is 1.63. The van der Waals surface area contributed by atoms with E-state index in [4.69, 9.17) is 4.74 Å². The maximum atomic E-state index is 13.5. The zero-order valence-corrected chi connectivity index (χ0v) is 16.2. The fraction of sp³-hybridized carbons (Fsp3) is 0.476. The van der Waals surface area contributed by atoms with Crippen molar-refractivity contribution in [3.63, 3.8) is 0 Å². The van der Waals surface area contributed by atoms with E-state index >= 15 is 0 Å². The molecule has 0 unspecified atom stereocenters. The van der Waals surface area contributed by atoms with Crippen molar-refractivity contribution >= 4 is 17.2 Å². The van der Waals surface area contributed by atoms with Gasteiger partial charge in [0.1, 0.15) is 6.10 Å². The third-order valence-electron chi connectivity index (χ3n) is 5.82. The third-order valence-corrected chi connectivity index (χ3v) is 6.90. The van der Waals surface area contributed by atoms with Gasteiger partial charge < -0.3 is 9.64 Å². The maximum absolute atomic E-state index is 13.5. The molecule has 0 radical (unpaired) electrons. The van der Waals surface area contributed by atoms with E-state index in [1.807, 2.05) is 22.4 Å². The molecule has 0 bridgehead atoms. The molecule has 1 amide bonds. The smallest absolute Gasteiger partial charge is 0.370 e. The molecule has 1 aliphatic carbocycles. The molecule has 1 saturated carbocycles. The van der Waals surface area contributed by atoms with Gasteiger partial charge in [0, 0.05) is 11.4 Å². The highest BCUT2D eigenvalue weighted by atomic mass is 32.1. The maximum Gasteiger partial charge on any atom is 0.416 e. The van der Waals surface area contributed by atoms with Gasteiger partial charge in [0.05, 0.1) is 24.1 Å². The number of thiophene rings is 1. The summed E-state index contributed by atoms with van der Waals surface area (Å²) in [7, 11) is 0. The summed E-state index contributed by atoms with van der Waals surface area (Å²) < 4.78 is 44.2. The Kier molecular flexibility index (Phi) is 5.22. The first-order chi connectivity index (χ1) is 13.4. The number of amides is 1. The number of nitrogens with zero attached hydrogens (tertiary/aromatic N) is 1. The fourth-order valence-corrected chi connectivity index (χ4v) is 5.30. The van der Waals surface area contributed by atoms with Crippen molar-refractivity contribution in [1.29, 1.82) is 0 Å². The van der Waals surface area contributed by atoms with Crippen LogP contribution < -0.4 is 0 Å². The second-order valence-electron chi connectivity index (χ2n) is 7.50. The molecule has 2 aromatic rings. The molecule has 4 rings (SSSR count). The van der Waals surface area contributed by atoms with Crippen molar-refractivity contribution in [1.82, 2.24) is 4.90 Å². The number of halogens is 3. The molecular formula is C21H22F3NO2S. The lowest BCUT2D eigenvalue weighted by atomic mass is 9.82. The molecule has 1 aliphatic heterocycles. The monoisotopic (exact) mass is 409 g/mol. The zero-order chi connectivity index (χ0) is 19.8. The number of benzene rings is 1. The van der Waals surface area contributed by atoms with Crippen LogP contribution in [0.4, 0.5) is 13.2 Å². The molecule has 2 fully saturated rings. The second kappa shape index (κ2) is 7.52. The topological polar surface area (TPSA) is 29.5 Å². The number of hydrogen-bond acceptors (Lipinski definition) is 3. The van der Waals surface area contributed by atoms with Gasteiger partial charge in [0.25, 0.3) is 0 Å². The van der Waals surface area contributed by atoms with Gasteiger partial charge >= 0.3 is 6.18 Å². The van der Waals surface area contributed by atoms with E-state index in [1.165, 1.54) is 12.1 Å². The van der Waals surface area contributed by atoms with Crippen LogP contribution in [0.2, 0.25) is 0 Å². The molecule has 7 heteroatoms. The van der Waals surface area contributed by atoms with Gasteiger partial charge in [0.15, 0.2) is 0 Å². The van der Waals surface area contributed by atoms with Crippen LogP contribution in [0, 0.1) is 0 Å². The fourth-order valence-electron chi connectivity index (χ4n) is 4.32. The van der Waals surface area contributed by atoms with E-state index in [0.29, 0.717) is 25.3 Å². The van der Waals surface area contributed by atoms with Gasteiger partial charge in [-0.05, 0) is 42.0 Å². The SMILES string of the molecule is O=C(N1CCO[C@@H](c2ccc(C(F)(F)F)cc2)C1)C1(c2cccs2)CCCC1. The van der Waals surface area contributed by atoms with Crippen LogP contribution in [0.1, 0.15) is 47.8 Å². The van der Waals surface area contributed by atoms with Gasteiger partial charge in [-0.25, -0.2) is 0 Å². The molecular weight excluding hydrogens is 387 g/mol. The number of morpholine rings is 1. The summed E-state index contributed by atoms with van der Waals surface area (Å²) in [6, 6.07) is 9.07. The van der Waals surface area contributed by atoms with Crippen LogP contribution in [0.5, 0.6) is 0 Å². The Bertz CT molecular complexity index is 811. The van der Waals surface area contributed by atoms with E-state index in [9.17, 15) is 18.0 Å². The van der Waals surface area contributed by atoms with Crippen LogP contribution >= 0.6 is 11.3 Å². The minimum Gasteiger partial charge on any atom is -0.370 e. The number of rotatable bonds is 3. The van der Waals surface area contributed by atoms with Crippen LogP contribution in [-0.4, -0.2) is 30.5 Å². The quantitative estimate of drug-likeness (QED) is 0.699. The van der Waals surface area contributed by atoms with Gasteiger partial charge in [0.2, 0.25) is 5.91 Å². The summed E-state index contributed by atoms with van der Waals surface area (Å²) in [6.07, 6.45) is -0.971. The van der Waals surface area contributed by atoms with Crippen molar-refractivity contribution in [2.75, 3.05) is 19.7 Å². The Hall–Kier alpha value is -1.86. The second-order valence-corrected chi connectivity index (χ2v) is 8.44. The van der Waals surface area contributed by atoms with Crippen LogP contribution in [0.3, 0.4) is 0 Å². The zero-order valence-electron chi connectivity index (χ0n) is 15.4. The van der Waals surface area contributed by atoms with Gasteiger partial charge in [-0.1, -0.05) is 31.0 Å². The van der Waals surface area contributed by atoms with Crippen molar-refractivity contribution < 1.29 is 22.7 Å². The van der Waals surface area contributed by atoms with Crippen LogP contribution in [0.15, 0.2) is 41.8 Å². The summed E-state index contributed by atoms with van der Waals surface area (Å²) in [6.45, 7) is 1.28. The average molecular weight is 409 g/mol. The normalized spacial score (nSPS) is 22.4. The average Bonchev–Trinajstić information content (AvgIpc) is 3.39. The van der Waals surface area contributed by atoms with Gasteiger partial charge in [-0.2, -0.15) is 13.2 Å². The largest absolute Gasteiger partial charge is 0.416 e. The first-order valence-corrected chi connectivity index (χ1v) is 10.4. The number of alkyl halides is 3. The predicted molar refractivity (Wildman–Crippen MR) is 101 cm³/mol. The number of carbonyl (C=O) groups excluding carboxylic acids is 1. The summed E-state index contributed by atoms with van der Waals surface area (Å²) in [5.41, 5.74) is -0.458. The van der Waals surface area contributed by atoms with Gasteiger partial charge in [-0.15, -0.1) is 11.3 Å². The first kappa shape index (κ1) is 19.5. The van der Waals surface area contributed by atoms with E-state index in [0.717, 1.165) is 42.7 Å². The molecule has 1 atom stereocenters. The summed E-state index contributed by atoms with van der Waals surface area (Å²) in [5.74, 6) is 0.132. The molecule has 1 aromatic carbocycles. The van der Waals surface area contributed by atoms with E-state index < -0.39 is 23.3 Å². The molecule has 150 valence electrons. The Morgan fingerprint density at radius 3 is 2.46 bits per heavy atom. The molecule has 28 heavy (non-hydrogen) atoms. The van der Waals surface area contributed by atoms with E-state index in [1.54, 1.807) is 11.3 Å². The van der Waals surface area contributed by atoms with Crippen LogP contribution in [0.25, 0.3) is 0 Å². The minimum absolute atomic E-state index is 0.132.